The number of hydrogen-bond acceptors (Lipinski definition) is 6. The van der Waals surface area contributed by atoms with Gasteiger partial charge in [-0.05, 0) is 12.5 Å². The van der Waals surface area contributed by atoms with E-state index in [4.69, 9.17) is 4.74 Å². The van der Waals surface area contributed by atoms with Crippen molar-refractivity contribution in [1.82, 2.24) is 4.98 Å². The molecule has 6 nitrogen and oxygen atoms in total. The number of hydrogen-bond donors (Lipinski definition) is 1. The first-order valence-corrected chi connectivity index (χ1v) is 8.11. The van der Waals surface area contributed by atoms with E-state index in [-0.39, 0.29) is 28.8 Å². The van der Waals surface area contributed by atoms with Gasteiger partial charge in [0.05, 0.1) is 11.3 Å². The van der Waals surface area contributed by atoms with Crippen LogP contribution >= 0.6 is 11.3 Å². The third kappa shape index (κ3) is 5.19. The van der Waals surface area contributed by atoms with Crippen molar-refractivity contribution >= 4 is 23.0 Å². The van der Waals surface area contributed by atoms with Crippen LogP contribution in [0, 0.1) is 6.92 Å². The number of halogens is 3. The summed E-state index contributed by atoms with van der Waals surface area (Å²) in [4.78, 5) is 20.3. The maximum Gasteiger partial charge on any atom is 0.395 e. The fraction of sp³-hybridized carbons (Fsp3) is 0.312. The summed E-state index contributed by atoms with van der Waals surface area (Å²) >= 11 is 0.906. The largest absolute Gasteiger partial charge is 0.476 e. The zero-order chi connectivity index (χ0) is 19.3. The maximum atomic E-state index is 12.5. The molecule has 10 heteroatoms. The minimum absolute atomic E-state index is 0.0811. The Kier molecular flexibility index (Phi) is 6.19. The zero-order valence-corrected chi connectivity index (χ0v) is 14.6. The van der Waals surface area contributed by atoms with Crippen LogP contribution in [0.4, 0.5) is 13.2 Å². The van der Waals surface area contributed by atoms with Crippen LogP contribution in [0.1, 0.15) is 21.0 Å². The minimum Gasteiger partial charge on any atom is -0.476 e. The molecular formula is C16H15F3N2O4S. The van der Waals surface area contributed by atoms with Gasteiger partial charge in [0.25, 0.3) is 0 Å². The fourth-order valence-corrected chi connectivity index (χ4v) is 3.04. The van der Waals surface area contributed by atoms with Gasteiger partial charge in [0.2, 0.25) is 5.88 Å². The number of alkyl halides is 3. The highest BCUT2D eigenvalue weighted by Crippen LogP contribution is 2.30. The average molecular weight is 388 g/mol. The quantitative estimate of drug-likeness (QED) is 0.579. The molecule has 1 N–H and O–H groups in total. The van der Waals surface area contributed by atoms with Crippen molar-refractivity contribution < 1.29 is 32.6 Å². The topological polar surface area (TPSA) is 81.0 Å². The van der Waals surface area contributed by atoms with E-state index in [1.165, 1.54) is 13.2 Å². The summed E-state index contributed by atoms with van der Waals surface area (Å²) < 4.78 is 42.9. The number of aryl methyl sites for hydroxylation is 1. The van der Waals surface area contributed by atoms with Gasteiger partial charge in [-0.25, -0.2) is 9.78 Å². The molecular weight excluding hydrogens is 373 g/mol. The highest BCUT2D eigenvalue weighted by atomic mass is 32.1. The number of benzene rings is 1. The molecule has 0 radical (unpaired) electrons. The van der Waals surface area contributed by atoms with Crippen molar-refractivity contribution in [3.63, 3.8) is 0 Å². The predicted octanol–water partition coefficient (Wildman–Crippen LogP) is 3.57. The van der Waals surface area contributed by atoms with E-state index in [0.29, 0.717) is 10.4 Å². The molecule has 1 heterocycles. The smallest absolute Gasteiger partial charge is 0.395 e. The van der Waals surface area contributed by atoms with Crippen molar-refractivity contribution in [1.29, 1.82) is 0 Å². The van der Waals surface area contributed by atoms with Crippen LogP contribution in [0.15, 0.2) is 29.4 Å². The number of nitrogens with zero attached hydrogens (tertiary/aromatic N) is 2. The molecule has 0 spiro atoms. The Bertz CT molecular complexity index is 818. The highest BCUT2D eigenvalue weighted by molar-refractivity contribution is 7.11. The van der Waals surface area contributed by atoms with E-state index in [0.717, 1.165) is 11.3 Å². The molecule has 0 atom stereocenters. The van der Waals surface area contributed by atoms with Gasteiger partial charge in [-0.3, -0.25) is 0 Å². The molecule has 0 unspecified atom stereocenters. The second-order valence-corrected chi connectivity index (χ2v) is 6.42. The van der Waals surface area contributed by atoms with E-state index >= 15 is 0 Å². The van der Waals surface area contributed by atoms with Crippen molar-refractivity contribution in [3.8, 4) is 5.88 Å². The Labute approximate surface area is 150 Å². The lowest BCUT2D eigenvalue weighted by Crippen LogP contribution is -2.17. The Hall–Kier alpha value is -2.62. The maximum absolute atomic E-state index is 12.5. The third-order valence-electron chi connectivity index (χ3n) is 3.17. The van der Waals surface area contributed by atoms with Crippen LogP contribution in [0.5, 0.6) is 5.88 Å². The van der Waals surface area contributed by atoms with E-state index in [2.05, 4.69) is 15.0 Å². The SMILES string of the molecule is CON=C(C(=O)O)c1ccccc1COc1nc(CC(F)(F)F)sc1C. The molecule has 0 fully saturated rings. The molecule has 140 valence electrons. The lowest BCUT2D eigenvalue weighted by Gasteiger charge is -2.10. The number of aliphatic carboxylic acids is 1. The van der Waals surface area contributed by atoms with E-state index < -0.39 is 18.6 Å². The number of rotatable bonds is 7. The fourth-order valence-electron chi connectivity index (χ4n) is 2.13. The Morgan fingerprint density at radius 3 is 2.65 bits per heavy atom. The Balaban J connectivity index is 2.21. The van der Waals surface area contributed by atoms with Gasteiger partial charge < -0.3 is 14.7 Å². The predicted molar refractivity (Wildman–Crippen MR) is 88.6 cm³/mol. The average Bonchev–Trinajstić information content (AvgIpc) is 2.88. The number of ether oxygens (including phenoxy) is 1. The first-order valence-electron chi connectivity index (χ1n) is 7.30. The summed E-state index contributed by atoms with van der Waals surface area (Å²) in [5, 5.41) is 12.7. The van der Waals surface area contributed by atoms with Gasteiger partial charge in [0.1, 0.15) is 18.7 Å². The molecule has 0 saturated carbocycles. The van der Waals surface area contributed by atoms with Crippen LogP contribution in [-0.2, 0) is 22.7 Å². The van der Waals surface area contributed by atoms with Crippen molar-refractivity contribution in [2.45, 2.75) is 26.1 Å². The molecule has 0 aliphatic carbocycles. The summed E-state index contributed by atoms with van der Waals surface area (Å²) in [7, 11) is 1.23. The standard InChI is InChI=1S/C16H15F3N2O4S/c1-9-14(20-12(26-9)7-16(17,18)19)25-8-10-5-3-4-6-11(10)13(15(22)23)21-24-2/h3-6H,7-8H2,1-2H3,(H,22,23). The second kappa shape index (κ2) is 8.17. The van der Waals surface area contributed by atoms with E-state index in [9.17, 15) is 23.1 Å². The zero-order valence-electron chi connectivity index (χ0n) is 13.8. The number of thiazole rings is 1. The van der Waals surface area contributed by atoms with Crippen LogP contribution in [-0.4, -0.2) is 35.1 Å². The number of carboxylic acids is 1. The van der Waals surface area contributed by atoms with Crippen LogP contribution < -0.4 is 4.74 Å². The normalized spacial score (nSPS) is 12.1. The van der Waals surface area contributed by atoms with Crippen molar-refractivity contribution in [2.24, 2.45) is 5.16 Å². The molecule has 1 aromatic carbocycles. The molecule has 0 aliphatic rings. The summed E-state index contributed by atoms with van der Waals surface area (Å²) in [5.74, 6) is -1.19. The first kappa shape index (κ1) is 19.7. The van der Waals surface area contributed by atoms with Gasteiger partial charge in [0, 0.05) is 5.56 Å². The van der Waals surface area contributed by atoms with Gasteiger partial charge in [-0.15, -0.1) is 11.3 Å². The van der Waals surface area contributed by atoms with Gasteiger partial charge in [-0.2, -0.15) is 13.2 Å². The van der Waals surface area contributed by atoms with E-state index in [1.54, 1.807) is 25.1 Å². The highest BCUT2D eigenvalue weighted by Gasteiger charge is 2.30. The molecule has 26 heavy (non-hydrogen) atoms. The summed E-state index contributed by atoms with van der Waals surface area (Å²) in [6.45, 7) is 1.52. The van der Waals surface area contributed by atoms with Crippen LogP contribution in [0.3, 0.4) is 0 Å². The molecule has 0 aliphatic heterocycles. The lowest BCUT2D eigenvalue weighted by molar-refractivity contribution is -0.129. The minimum atomic E-state index is -4.35. The van der Waals surface area contributed by atoms with E-state index in [1.807, 2.05) is 0 Å². The number of oxime groups is 1. The second-order valence-electron chi connectivity index (χ2n) is 5.13. The van der Waals surface area contributed by atoms with Crippen LogP contribution in [0.25, 0.3) is 0 Å². The molecule has 0 amide bonds. The summed E-state index contributed by atoms with van der Waals surface area (Å²) in [6, 6.07) is 6.47. The monoisotopic (exact) mass is 388 g/mol. The van der Waals surface area contributed by atoms with Gasteiger partial charge >= 0.3 is 12.1 Å². The summed E-state index contributed by atoms with van der Waals surface area (Å²) in [6.07, 6.45) is -5.47. The molecule has 1 aromatic heterocycles. The number of carbonyl (C=O) groups is 1. The Morgan fingerprint density at radius 2 is 2.04 bits per heavy atom. The molecule has 0 bridgehead atoms. The van der Waals surface area contributed by atoms with Crippen molar-refractivity contribution in [3.05, 3.63) is 45.3 Å². The third-order valence-corrected chi connectivity index (χ3v) is 4.12. The molecule has 2 rings (SSSR count). The van der Waals surface area contributed by atoms with Gasteiger partial charge in [-0.1, -0.05) is 29.4 Å². The lowest BCUT2D eigenvalue weighted by atomic mass is 10.0. The summed E-state index contributed by atoms with van der Waals surface area (Å²) in [5.41, 5.74) is 0.458. The number of carboxylic acid groups (broad SMARTS) is 1. The number of aromatic nitrogens is 1. The Morgan fingerprint density at radius 1 is 1.35 bits per heavy atom. The van der Waals surface area contributed by atoms with Crippen molar-refractivity contribution in [2.75, 3.05) is 7.11 Å². The van der Waals surface area contributed by atoms with Gasteiger partial charge in [0.15, 0.2) is 5.71 Å². The van der Waals surface area contributed by atoms with Crippen LogP contribution in [0.2, 0.25) is 0 Å². The molecule has 2 aromatic rings. The first-order chi connectivity index (χ1) is 12.2. The molecule has 0 saturated heterocycles.